The molecule has 2 aliphatic rings. The van der Waals surface area contributed by atoms with E-state index in [0.29, 0.717) is 17.8 Å². The average molecular weight is 196 g/mol. The van der Waals surface area contributed by atoms with Crippen molar-refractivity contribution in [2.24, 2.45) is 23.7 Å². The normalized spacial score (nSPS) is 47.5. The van der Waals surface area contributed by atoms with Gasteiger partial charge in [-0.3, -0.25) is 0 Å². The first-order valence-electron chi connectivity index (χ1n) is 5.68. The molecule has 0 aromatic rings. The summed E-state index contributed by atoms with van der Waals surface area (Å²) in [7, 11) is 0. The summed E-state index contributed by atoms with van der Waals surface area (Å²) < 4.78 is 0. The van der Waals surface area contributed by atoms with E-state index in [1.54, 1.807) is 0 Å². The van der Waals surface area contributed by atoms with Crippen molar-refractivity contribution in [1.29, 1.82) is 0 Å². The van der Waals surface area contributed by atoms with Gasteiger partial charge in [0.25, 0.3) is 0 Å². The summed E-state index contributed by atoms with van der Waals surface area (Å²) in [4.78, 5) is 0. The Labute approximate surface area is 85.6 Å². The molecule has 1 fully saturated rings. The second-order valence-corrected chi connectivity index (χ2v) is 4.99. The van der Waals surface area contributed by atoms with Crippen molar-refractivity contribution in [3.8, 4) is 0 Å². The van der Waals surface area contributed by atoms with Crippen molar-refractivity contribution in [1.82, 2.24) is 0 Å². The summed E-state index contributed by atoms with van der Waals surface area (Å²) in [5.41, 5.74) is 0. The molecule has 5 atom stereocenters. The van der Waals surface area contributed by atoms with E-state index >= 15 is 0 Å². The largest absolute Gasteiger partial charge is 0.396 e. The summed E-state index contributed by atoms with van der Waals surface area (Å²) in [6.45, 7) is 2.42. The third-order valence-electron chi connectivity index (χ3n) is 3.86. The molecule has 0 radical (unpaired) electrons. The number of hydrogen-bond donors (Lipinski definition) is 2. The number of aliphatic hydroxyl groups is 2. The third-order valence-corrected chi connectivity index (χ3v) is 3.86. The molecule has 0 spiro atoms. The van der Waals surface area contributed by atoms with Crippen LogP contribution in [-0.2, 0) is 0 Å². The van der Waals surface area contributed by atoms with Crippen LogP contribution in [0.3, 0.4) is 0 Å². The molecule has 0 saturated heterocycles. The minimum atomic E-state index is -0.203. The third kappa shape index (κ3) is 1.73. The molecule has 0 heterocycles. The molecule has 2 N–H and O–H groups in total. The van der Waals surface area contributed by atoms with Crippen molar-refractivity contribution in [3.05, 3.63) is 12.2 Å². The highest BCUT2D eigenvalue weighted by Gasteiger charge is 2.39. The number of rotatable bonds is 1. The molecule has 2 unspecified atom stereocenters. The zero-order valence-electron chi connectivity index (χ0n) is 8.76. The van der Waals surface area contributed by atoms with Crippen LogP contribution in [-0.4, -0.2) is 22.9 Å². The second-order valence-electron chi connectivity index (χ2n) is 4.99. The van der Waals surface area contributed by atoms with E-state index < -0.39 is 0 Å². The van der Waals surface area contributed by atoms with Gasteiger partial charge in [-0.15, -0.1) is 0 Å². The molecule has 2 aliphatic carbocycles. The number of aliphatic hydroxyl groups excluding tert-OH is 2. The van der Waals surface area contributed by atoms with Crippen LogP contribution in [0.15, 0.2) is 12.2 Å². The first-order valence-corrected chi connectivity index (χ1v) is 5.68. The highest BCUT2D eigenvalue weighted by Crippen LogP contribution is 2.42. The Morgan fingerprint density at radius 3 is 2.86 bits per heavy atom. The molecule has 0 bridgehead atoms. The number of hydrogen-bond acceptors (Lipinski definition) is 2. The van der Waals surface area contributed by atoms with Crippen LogP contribution in [0.2, 0.25) is 0 Å². The molecule has 2 nitrogen and oxygen atoms in total. The Balaban J connectivity index is 2.15. The van der Waals surface area contributed by atoms with Gasteiger partial charge in [0.1, 0.15) is 0 Å². The summed E-state index contributed by atoms with van der Waals surface area (Å²) in [6, 6.07) is 0. The SMILES string of the molecule is C[C@H]1CC2C=CC[C@H](CO)C2[C@@H](O)C1. The molecule has 1 saturated carbocycles. The van der Waals surface area contributed by atoms with Crippen molar-refractivity contribution in [2.75, 3.05) is 6.61 Å². The first-order chi connectivity index (χ1) is 6.72. The van der Waals surface area contributed by atoms with Gasteiger partial charge in [0, 0.05) is 6.61 Å². The molecule has 14 heavy (non-hydrogen) atoms. The van der Waals surface area contributed by atoms with Crippen LogP contribution in [0.5, 0.6) is 0 Å². The Morgan fingerprint density at radius 2 is 2.14 bits per heavy atom. The van der Waals surface area contributed by atoms with Crippen LogP contribution >= 0.6 is 0 Å². The molecule has 0 aromatic carbocycles. The van der Waals surface area contributed by atoms with Crippen LogP contribution < -0.4 is 0 Å². The van der Waals surface area contributed by atoms with Gasteiger partial charge in [-0.25, -0.2) is 0 Å². The Hall–Kier alpha value is -0.340. The standard InChI is InChI=1S/C12H20O2/c1-8-5-9-3-2-4-10(7-13)12(9)11(14)6-8/h2-3,8-14H,4-7H2,1H3/t8-,9?,10+,11-,12?/m0/s1. The fourth-order valence-electron chi connectivity index (χ4n) is 3.22. The minimum Gasteiger partial charge on any atom is -0.396 e. The van der Waals surface area contributed by atoms with E-state index in [0.717, 1.165) is 12.8 Å². The Bertz CT molecular complexity index is 224. The average Bonchev–Trinajstić information content (AvgIpc) is 2.16. The number of fused-ring (bicyclic) bond motifs is 1. The zero-order chi connectivity index (χ0) is 10.1. The van der Waals surface area contributed by atoms with Gasteiger partial charge in [0.05, 0.1) is 6.10 Å². The van der Waals surface area contributed by atoms with E-state index in [9.17, 15) is 10.2 Å². The maximum absolute atomic E-state index is 10.0. The molecular weight excluding hydrogens is 176 g/mol. The monoisotopic (exact) mass is 196 g/mol. The van der Waals surface area contributed by atoms with Crippen LogP contribution in [0.25, 0.3) is 0 Å². The van der Waals surface area contributed by atoms with E-state index in [2.05, 4.69) is 19.1 Å². The summed E-state index contributed by atoms with van der Waals surface area (Å²) >= 11 is 0. The van der Waals surface area contributed by atoms with E-state index in [1.807, 2.05) is 0 Å². The van der Waals surface area contributed by atoms with Crippen LogP contribution in [0.1, 0.15) is 26.2 Å². The van der Waals surface area contributed by atoms with E-state index in [1.165, 1.54) is 6.42 Å². The molecule has 0 amide bonds. The topological polar surface area (TPSA) is 40.5 Å². The lowest BCUT2D eigenvalue weighted by atomic mass is 9.65. The highest BCUT2D eigenvalue weighted by molar-refractivity contribution is 5.05. The van der Waals surface area contributed by atoms with E-state index in [-0.39, 0.29) is 18.6 Å². The summed E-state index contributed by atoms with van der Waals surface area (Å²) in [5.74, 6) is 1.71. The second kappa shape index (κ2) is 4.03. The van der Waals surface area contributed by atoms with Crippen molar-refractivity contribution in [2.45, 2.75) is 32.3 Å². The van der Waals surface area contributed by atoms with Gasteiger partial charge >= 0.3 is 0 Å². The van der Waals surface area contributed by atoms with Gasteiger partial charge in [0.2, 0.25) is 0 Å². The lowest BCUT2D eigenvalue weighted by Crippen LogP contribution is -2.42. The highest BCUT2D eigenvalue weighted by atomic mass is 16.3. The van der Waals surface area contributed by atoms with Gasteiger partial charge in [-0.05, 0) is 42.9 Å². The maximum atomic E-state index is 10.0. The predicted molar refractivity (Wildman–Crippen MR) is 55.7 cm³/mol. The number of allylic oxidation sites excluding steroid dienone is 2. The molecule has 2 heteroatoms. The van der Waals surface area contributed by atoms with E-state index in [4.69, 9.17) is 0 Å². The molecule has 80 valence electrons. The lowest BCUT2D eigenvalue weighted by Gasteiger charge is -2.43. The molecule has 0 aliphatic heterocycles. The first kappa shape index (κ1) is 10.2. The van der Waals surface area contributed by atoms with Gasteiger partial charge < -0.3 is 10.2 Å². The Morgan fingerprint density at radius 1 is 1.36 bits per heavy atom. The Kier molecular flexibility index (Phi) is 2.93. The smallest absolute Gasteiger partial charge is 0.0580 e. The predicted octanol–water partition coefficient (Wildman–Crippen LogP) is 1.58. The van der Waals surface area contributed by atoms with Crippen molar-refractivity contribution in [3.63, 3.8) is 0 Å². The molecular formula is C12H20O2. The lowest BCUT2D eigenvalue weighted by molar-refractivity contribution is -0.0237. The van der Waals surface area contributed by atoms with Gasteiger partial charge in [0.15, 0.2) is 0 Å². The van der Waals surface area contributed by atoms with Crippen molar-refractivity contribution < 1.29 is 10.2 Å². The van der Waals surface area contributed by atoms with Gasteiger partial charge in [-0.2, -0.15) is 0 Å². The summed E-state index contributed by atoms with van der Waals surface area (Å²) in [5, 5.41) is 19.3. The quantitative estimate of drug-likeness (QED) is 0.625. The molecule has 0 aromatic heterocycles. The summed E-state index contributed by atoms with van der Waals surface area (Å²) in [6.07, 6.45) is 7.23. The fourth-order valence-corrected chi connectivity index (χ4v) is 3.22. The van der Waals surface area contributed by atoms with Crippen molar-refractivity contribution >= 4 is 0 Å². The van der Waals surface area contributed by atoms with Gasteiger partial charge in [-0.1, -0.05) is 19.1 Å². The van der Waals surface area contributed by atoms with Crippen LogP contribution in [0.4, 0.5) is 0 Å². The van der Waals surface area contributed by atoms with Crippen LogP contribution in [0, 0.1) is 23.7 Å². The maximum Gasteiger partial charge on any atom is 0.0580 e. The fraction of sp³-hybridized carbons (Fsp3) is 0.833. The minimum absolute atomic E-state index is 0.203. The zero-order valence-corrected chi connectivity index (χ0v) is 8.76. The molecule has 2 rings (SSSR count).